The van der Waals surface area contributed by atoms with Gasteiger partial charge in [0.25, 0.3) is 5.56 Å². The van der Waals surface area contributed by atoms with Gasteiger partial charge >= 0.3 is 5.69 Å². The van der Waals surface area contributed by atoms with Crippen LogP contribution in [-0.2, 0) is 0 Å². The van der Waals surface area contributed by atoms with Gasteiger partial charge < -0.3 is 4.98 Å². The van der Waals surface area contributed by atoms with Crippen LogP contribution in [0.15, 0.2) is 46.4 Å². The number of aromatic nitrogens is 5. The summed E-state index contributed by atoms with van der Waals surface area (Å²) in [5.74, 6) is -1.86. The van der Waals surface area contributed by atoms with E-state index in [1.807, 2.05) is 0 Å². The molecule has 0 amide bonds. The van der Waals surface area contributed by atoms with Crippen molar-refractivity contribution in [2.75, 3.05) is 0 Å². The van der Waals surface area contributed by atoms with Crippen LogP contribution in [0.3, 0.4) is 0 Å². The highest BCUT2D eigenvalue weighted by atomic mass is 19.1. The number of H-pyrrole nitrogens is 2. The number of nitriles is 1. The fraction of sp³-hybridized carbons (Fsp3) is 0.150. The molecule has 2 atom stereocenters. The van der Waals surface area contributed by atoms with Crippen molar-refractivity contribution < 1.29 is 8.78 Å². The van der Waals surface area contributed by atoms with Crippen LogP contribution in [0.2, 0.25) is 0 Å². The lowest BCUT2D eigenvalue weighted by Crippen LogP contribution is -2.23. The lowest BCUT2D eigenvalue weighted by atomic mass is 10.0. The van der Waals surface area contributed by atoms with Crippen LogP contribution in [-0.4, -0.2) is 24.6 Å². The molecule has 0 aliphatic heterocycles. The second-order valence-electron chi connectivity index (χ2n) is 7.08. The van der Waals surface area contributed by atoms with Gasteiger partial charge in [-0.25, -0.2) is 23.1 Å². The molecule has 0 saturated heterocycles. The van der Waals surface area contributed by atoms with Crippen molar-refractivity contribution in [3.05, 3.63) is 86.0 Å². The summed E-state index contributed by atoms with van der Waals surface area (Å²) in [6.45, 7) is 0. The Labute approximate surface area is 166 Å². The molecule has 10 heteroatoms. The summed E-state index contributed by atoms with van der Waals surface area (Å²) in [4.78, 5) is 32.3. The van der Waals surface area contributed by atoms with Crippen molar-refractivity contribution in [1.82, 2.24) is 24.6 Å². The number of benzene rings is 1. The van der Waals surface area contributed by atoms with E-state index in [-0.39, 0.29) is 28.5 Å². The molecular formula is C20H12F2N6O2. The highest BCUT2D eigenvalue weighted by molar-refractivity contribution is 5.63. The fourth-order valence-electron chi connectivity index (χ4n) is 3.76. The molecule has 3 aromatic heterocycles. The van der Waals surface area contributed by atoms with Gasteiger partial charge in [-0.3, -0.25) is 9.78 Å². The zero-order valence-corrected chi connectivity index (χ0v) is 15.2. The quantitative estimate of drug-likeness (QED) is 0.541. The van der Waals surface area contributed by atoms with Crippen LogP contribution >= 0.6 is 0 Å². The van der Waals surface area contributed by atoms with Crippen molar-refractivity contribution in [2.24, 2.45) is 0 Å². The van der Waals surface area contributed by atoms with E-state index in [2.05, 4.69) is 20.1 Å². The lowest BCUT2D eigenvalue weighted by molar-refractivity contribution is 0.582. The molecular weight excluding hydrogens is 394 g/mol. The first-order valence-electron chi connectivity index (χ1n) is 9.02. The second-order valence-corrected chi connectivity index (χ2v) is 7.08. The first-order valence-corrected chi connectivity index (χ1v) is 9.02. The molecule has 5 rings (SSSR count). The Hall–Kier alpha value is -4.13. The van der Waals surface area contributed by atoms with Gasteiger partial charge in [0.15, 0.2) is 5.65 Å². The van der Waals surface area contributed by atoms with Crippen molar-refractivity contribution in [3.8, 4) is 17.3 Å². The maximum absolute atomic E-state index is 14.5. The number of rotatable bonds is 3. The SMILES string of the molecule is N#Cc1cc(F)c([C@H]2C[C@@H]2c2cc(-c3c[nH]c(=O)[nH]c3=O)nn3ccnc23)cc1F. The third-order valence-electron chi connectivity index (χ3n) is 5.28. The predicted molar refractivity (Wildman–Crippen MR) is 101 cm³/mol. The zero-order chi connectivity index (χ0) is 21.0. The van der Waals surface area contributed by atoms with E-state index in [1.165, 1.54) is 10.7 Å². The Kier molecular flexibility index (Phi) is 3.86. The predicted octanol–water partition coefficient (Wildman–Crippen LogP) is 2.19. The summed E-state index contributed by atoms with van der Waals surface area (Å²) in [5, 5.41) is 13.2. The highest BCUT2D eigenvalue weighted by Crippen LogP contribution is 2.56. The Morgan fingerprint density at radius 1 is 1.13 bits per heavy atom. The zero-order valence-electron chi connectivity index (χ0n) is 15.2. The number of hydrogen-bond acceptors (Lipinski definition) is 5. The van der Waals surface area contributed by atoms with Crippen molar-refractivity contribution in [3.63, 3.8) is 0 Å². The maximum Gasteiger partial charge on any atom is 0.325 e. The van der Waals surface area contributed by atoms with Crippen LogP contribution < -0.4 is 11.2 Å². The molecule has 3 heterocycles. The molecule has 1 saturated carbocycles. The Bertz CT molecular complexity index is 1480. The highest BCUT2D eigenvalue weighted by Gasteiger charge is 2.43. The molecule has 0 bridgehead atoms. The normalized spacial score (nSPS) is 17.8. The van der Waals surface area contributed by atoms with E-state index < -0.39 is 22.9 Å². The molecule has 0 radical (unpaired) electrons. The molecule has 30 heavy (non-hydrogen) atoms. The van der Waals surface area contributed by atoms with Crippen LogP contribution in [0.5, 0.6) is 0 Å². The summed E-state index contributed by atoms with van der Waals surface area (Å²) in [5.41, 5.74) is 0.377. The number of aromatic amines is 2. The summed E-state index contributed by atoms with van der Waals surface area (Å²) in [7, 11) is 0. The van der Waals surface area contributed by atoms with Gasteiger partial charge in [-0.1, -0.05) is 0 Å². The minimum Gasteiger partial charge on any atom is -0.313 e. The Balaban J connectivity index is 1.60. The van der Waals surface area contributed by atoms with E-state index in [4.69, 9.17) is 5.26 Å². The third kappa shape index (κ3) is 2.79. The van der Waals surface area contributed by atoms with E-state index in [9.17, 15) is 18.4 Å². The molecule has 8 nitrogen and oxygen atoms in total. The van der Waals surface area contributed by atoms with Crippen LogP contribution in [0.4, 0.5) is 8.78 Å². The summed E-state index contributed by atoms with van der Waals surface area (Å²) in [6, 6.07) is 5.27. The number of halogens is 2. The van der Waals surface area contributed by atoms with Gasteiger partial charge in [0, 0.05) is 24.2 Å². The first kappa shape index (κ1) is 17.9. The van der Waals surface area contributed by atoms with Crippen molar-refractivity contribution in [2.45, 2.75) is 18.3 Å². The number of nitrogens with zero attached hydrogens (tertiary/aromatic N) is 4. The monoisotopic (exact) mass is 406 g/mol. The molecule has 1 fully saturated rings. The molecule has 0 unspecified atom stereocenters. The number of imidazole rings is 1. The molecule has 0 spiro atoms. The Morgan fingerprint density at radius 3 is 2.70 bits per heavy atom. The van der Waals surface area contributed by atoms with Gasteiger partial charge in [0.05, 0.1) is 16.8 Å². The second kappa shape index (κ2) is 6.45. The third-order valence-corrected chi connectivity index (χ3v) is 5.28. The standard InChI is InChI=1S/C20H12F2N6O2/c21-15-5-12(16(22)3-9(15)7-23)10-4-11(10)13-6-17(27-28-2-1-24-18(13)28)14-8-25-20(30)26-19(14)29/h1-3,5-6,8,10-11H,4H2,(H2,25,26,29,30)/t10-,11-/m0/s1. The average Bonchev–Trinajstić information content (AvgIpc) is 3.36. The summed E-state index contributed by atoms with van der Waals surface area (Å²) in [6.07, 6.45) is 4.99. The molecule has 1 aliphatic carbocycles. The van der Waals surface area contributed by atoms with E-state index in [1.54, 1.807) is 24.5 Å². The van der Waals surface area contributed by atoms with Gasteiger partial charge in [-0.05, 0) is 42.0 Å². The molecule has 4 aromatic rings. The van der Waals surface area contributed by atoms with Gasteiger partial charge in [-0.2, -0.15) is 10.4 Å². The number of nitrogens with one attached hydrogen (secondary N) is 2. The number of fused-ring (bicyclic) bond motifs is 1. The summed E-state index contributed by atoms with van der Waals surface area (Å²) >= 11 is 0. The van der Waals surface area contributed by atoms with E-state index >= 15 is 0 Å². The molecule has 1 aliphatic rings. The molecule has 2 N–H and O–H groups in total. The minimum absolute atomic E-state index is 0.166. The van der Waals surface area contributed by atoms with Gasteiger partial charge in [0.1, 0.15) is 17.7 Å². The number of hydrogen-bond donors (Lipinski definition) is 2. The first-order chi connectivity index (χ1) is 14.5. The largest absolute Gasteiger partial charge is 0.325 e. The van der Waals surface area contributed by atoms with Crippen LogP contribution in [0.25, 0.3) is 16.9 Å². The lowest BCUT2D eigenvalue weighted by Gasteiger charge is -2.08. The maximum atomic E-state index is 14.5. The smallest absolute Gasteiger partial charge is 0.313 e. The minimum atomic E-state index is -0.763. The average molecular weight is 406 g/mol. The van der Waals surface area contributed by atoms with E-state index in [0.717, 1.165) is 17.7 Å². The van der Waals surface area contributed by atoms with E-state index in [0.29, 0.717) is 17.8 Å². The summed E-state index contributed by atoms with van der Waals surface area (Å²) < 4.78 is 30.0. The molecule has 1 aromatic carbocycles. The molecule has 148 valence electrons. The topological polar surface area (TPSA) is 120 Å². The van der Waals surface area contributed by atoms with Crippen molar-refractivity contribution >= 4 is 5.65 Å². The van der Waals surface area contributed by atoms with Crippen LogP contribution in [0.1, 0.15) is 34.9 Å². The Morgan fingerprint density at radius 2 is 1.93 bits per heavy atom. The van der Waals surface area contributed by atoms with Crippen LogP contribution in [0, 0.1) is 23.0 Å². The fourth-order valence-corrected chi connectivity index (χ4v) is 3.76. The van der Waals surface area contributed by atoms with Gasteiger partial charge in [-0.15, -0.1) is 0 Å². The van der Waals surface area contributed by atoms with Crippen molar-refractivity contribution in [1.29, 1.82) is 5.26 Å². The van der Waals surface area contributed by atoms with Gasteiger partial charge in [0.2, 0.25) is 0 Å².